The lowest BCUT2D eigenvalue weighted by molar-refractivity contribution is 0.0690. The minimum absolute atomic E-state index is 0.0611. The lowest BCUT2D eigenvalue weighted by Gasteiger charge is -2.26. The van der Waals surface area contributed by atoms with Gasteiger partial charge in [0.15, 0.2) is 0 Å². The van der Waals surface area contributed by atoms with Gasteiger partial charge in [0.2, 0.25) is 0 Å². The van der Waals surface area contributed by atoms with Crippen LogP contribution in [0.3, 0.4) is 0 Å². The molecule has 0 spiro atoms. The third kappa shape index (κ3) is 4.40. The van der Waals surface area contributed by atoms with Gasteiger partial charge in [-0.2, -0.15) is 0 Å². The minimum Gasteiger partial charge on any atom is -0.478 e. The standard InChI is InChI=1S/C17H18FN3OS.C10H9NO2/c1-9-20-15(16(23-9)10-3-2-4-12(18)5-10)17(22)21-13(8-19)6-11-7-14(11)21;1-11-6-8(10(12)13)7-4-2-3-5-9(7)11/h2-5,11,13-14H,6-8,19H2,1H3;2-6H,1H3,(H,12,13)/t11-,13+,14+;/m1./s1. The van der Waals surface area contributed by atoms with Gasteiger partial charge in [0, 0.05) is 42.8 Å². The summed E-state index contributed by atoms with van der Waals surface area (Å²) in [4.78, 5) is 31.0. The molecular formula is C27H27FN4O3S. The van der Waals surface area contributed by atoms with Crippen molar-refractivity contribution in [3.05, 3.63) is 76.8 Å². The molecule has 3 atom stereocenters. The Labute approximate surface area is 212 Å². The Kier molecular flexibility index (Phi) is 6.36. The second-order valence-electron chi connectivity index (χ2n) is 9.30. The minimum atomic E-state index is -0.878. The molecule has 36 heavy (non-hydrogen) atoms. The Morgan fingerprint density at radius 3 is 2.69 bits per heavy atom. The highest BCUT2D eigenvalue weighted by atomic mass is 32.1. The molecule has 2 fully saturated rings. The lowest BCUT2D eigenvalue weighted by atomic mass is 10.1. The number of piperidine rings is 1. The number of aryl methyl sites for hydroxylation is 2. The van der Waals surface area contributed by atoms with E-state index in [9.17, 15) is 14.0 Å². The van der Waals surface area contributed by atoms with Crippen molar-refractivity contribution in [1.82, 2.24) is 14.5 Å². The van der Waals surface area contributed by atoms with E-state index in [1.54, 1.807) is 12.3 Å². The molecule has 2 aromatic carbocycles. The normalized spacial score (nSPS) is 20.1. The van der Waals surface area contributed by atoms with E-state index in [-0.39, 0.29) is 17.8 Å². The number of halogens is 1. The summed E-state index contributed by atoms with van der Waals surface area (Å²) in [6.07, 6.45) is 3.69. The van der Waals surface area contributed by atoms with Crippen LogP contribution in [-0.2, 0) is 7.05 Å². The third-order valence-corrected chi connectivity index (χ3v) is 7.89. The first-order valence-electron chi connectivity index (χ1n) is 11.8. The van der Waals surface area contributed by atoms with Gasteiger partial charge in [-0.1, -0.05) is 30.3 Å². The van der Waals surface area contributed by atoms with Gasteiger partial charge in [0.25, 0.3) is 5.91 Å². The van der Waals surface area contributed by atoms with Gasteiger partial charge in [0.1, 0.15) is 11.5 Å². The van der Waals surface area contributed by atoms with Crippen LogP contribution in [0.15, 0.2) is 54.7 Å². The SMILES string of the molecule is Cc1nc(C(=O)N2[C@H](CN)C[C@@H]3C[C@@H]32)c(-c2cccc(F)c2)s1.Cn1cc(C(=O)O)c2ccccc21. The molecule has 3 heterocycles. The molecule has 186 valence electrons. The molecule has 9 heteroatoms. The zero-order chi connectivity index (χ0) is 25.6. The number of carbonyl (C=O) groups excluding carboxylic acids is 1. The summed E-state index contributed by atoms with van der Waals surface area (Å²) in [6, 6.07) is 14.2. The fourth-order valence-corrected chi connectivity index (χ4v) is 6.02. The van der Waals surface area contributed by atoms with E-state index < -0.39 is 5.97 Å². The van der Waals surface area contributed by atoms with Crippen LogP contribution in [0.2, 0.25) is 0 Å². The number of amides is 1. The molecule has 1 saturated carbocycles. The number of rotatable bonds is 4. The number of carboxylic acid groups (broad SMARTS) is 1. The number of likely N-dealkylation sites (tertiary alicyclic amines) is 1. The highest BCUT2D eigenvalue weighted by molar-refractivity contribution is 7.15. The summed E-state index contributed by atoms with van der Waals surface area (Å²) < 4.78 is 15.4. The first-order valence-corrected chi connectivity index (χ1v) is 12.6. The van der Waals surface area contributed by atoms with Crippen LogP contribution in [-0.4, -0.2) is 50.1 Å². The van der Waals surface area contributed by atoms with Crippen molar-refractivity contribution in [2.75, 3.05) is 6.54 Å². The van der Waals surface area contributed by atoms with Gasteiger partial charge in [-0.25, -0.2) is 14.2 Å². The average Bonchev–Trinajstić information content (AvgIpc) is 3.19. The smallest absolute Gasteiger partial charge is 0.337 e. The number of nitrogens with zero attached hydrogens (tertiary/aromatic N) is 3. The molecule has 4 aromatic rings. The maximum absolute atomic E-state index is 13.6. The van der Waals surface area contributed by atoms with E-state index in [0.29, 0.717) is 35.3 Å². The van der Waals surface area contributed by atoms with Crippen LogP contribution >= 0.6 is 11.3 Å². The van der Waals surface area contributed by atoms with E-state index in [4.69, 9.17) is 10.8 Å². The number of aromatic carboxylic acids is 1. The fourth-order valence-electron chi connectivity index (χ4n) is 5.12. The average molecular weight is 507 g/mol. The van der Waals surface area contributed by atoms with Gasteiger partial charge < -0.3 is 20.3 Å². The largest absolute Gasteiger partial charge is 0.478 e. The number of carbonyl (C=O) groups is 2. The Morgan fingerprint density at radius 1 is 1.19 bits per heavy atom. The van der Waals surface area contributed by atoms with Gasteiger partial charge in [-0.15, -0.1) is 11.3 Å². The third-order valence-electron chi connectivity index (χ3n) is 6.87. The monoisotopic (exact) mass is 506 g/mol. The maximum Gasteiger partial charge on any atom is 0.337 e. The number of aromatic nitrogens is 2. The van der Waals surface area contributed by atoms with Gasteiger partial charge >= 0.3 is 5.97 Å². The van der Waals surface area contributed by atoms with Crippen molar-refractivity contribution >= 4 is 34.1 Å². The van der Waals surface area contributed by atoms with Crippen molar-refractivity contribution in [3.63, 3.8) is 0 Å². The summed E-state index contributed by atoms with van der Waals surface area (Å²) in [5.41, 5.74) is 8.28. The predicted octanol–water partition coefficient (Wildman–Crippen LogP) is 4.70. The van der Waals surface area contributed by atoms with Crippen LogP contribution in [0.1, 0.15) is 38.7 Å². The van der Waals surface area contributed by atoms with Crippen LogP contribution < -0.4 is 5.73 Å². The van der Waals surface area contributed by atoms with Crippen molar-refractivity contribution < 1.29 is 19.1 Å². The molecule has 3 N–H and O–H groups in total. The zero-order valence-electron chi connectivity index (χ0n) is 20.0. The molecule has 7 nitrogen and oxygen atoms in total. The molecule has 6 rings (SSSR count). The highest BCUT2D eigenvalue weighted by Gasteiger charge is 2.54. The molecular weight excluding hydrogens is 479 g/mol. The molecule has 1 saturated heterocycles. The maximum atomic E-state index is 13.6. The number of benzene rings is 2. The summed E-state index contributed by atoms with van der Waals surface area (Å²) in [6.45, 7) is 2.35. The van der Waals surface area contributed by atoms with E-state index in [1.165, 1.54) is 23.5 Å². The van der Waals surface area contributed by atoms with Crippen molar-refractivity contribution in [2.24, 2.45) is 18.7 Å². The van der Waals surface area contributed by atoms with Gasteiger partial charge in [0.05, 0.1) is 15.4 Å². The number of carboxylic acids is 1. The molecule has 1 aliphatic carbocycles. The second kappa shape index (κ2) is 9.48. The van der Waals surface area contributed by atoms with E-state index in [1.807, 2.05) is 53.8 Å². The molecule has 1 aliphatic heterocycles. The molecule has 0 bridgehead atoms. The predicted molar refractivity (Wildman–Crippen MR) is 138 cm³/mol. The Bertz CT molecular complexity index is 1460. The summed E-state index contributed by atoms with van der Waals surface area (Å²) in [7, 11) is 1.84. The first-order chi connectivity index (χ1) is 17.3. The zero-order valence-corrected chi connectivity index (χ0v) is 20.8. The topological polar surface area (TPSA) is 101 Å². The second-order valence-corrected chi connectivity index (χ2v) is 10.5. The number of para-hydroxylation sites is 1. The van der Waals surface area contributed by atoms with Gasteiger partial charge in [-0.3, -0.25) is 4.79 Å². The Hall–Kier alpha value is -3.56. The van der Waals surface area contributed by atoms with Crippen molar-refractivity contribution in [2.45, 2.75) is 31.8 Å². The number of hydrogen-bond donors (Lipinski definition) is 2. The Balaban J connectivity index is 0.000000174. The van der Waals surface area contributed by atoms with Crippen LogP contribution in [0.25, 0.3) is 21.3 Å². The first kappa shape index (κ1) is 24.1. The number of thiazole rings is 1. The van der Waals surface area contributed by atoms with Crippen LogP contribution in [0.4, 0.5) is 4.39 Å². The van der Waals surface area contributed by atoms with Crippen LogP contribution in [0.5, 0.6) is 0 Å². The number of hydrogen-bond acceptors (Lipinski definition) is 5. The summed E-state index contributed by atoms with van der Waals surface area (Å²) in [5, 5.41) is 10.5. The molecule has 1 amide bonds. The molecule has 2 aliphatic rings. The molecule has 2 aromatic heterocycles. The van der Waals surface area contributed by atoms with E-state index in [2.05, 4.69) is 4.98 Å². The van der Waals surface area contributed by atoms with Crippen molar-refractivity contribution in [1.29, 1.82) is 0 Å². The van der Waals surface area contributed by atoms with Gasteiger partial charge in [-0.05, 0) is 49.4 Å². The van der Waals surface area contributed by atoms with E-state index >= 15 is 0 Å². The molecule has 0 radical (unpaired) electrons. The van der Waals surface area contributed by atoms with E-state index in [0.717, 1.165) is 33.6 Å². The lowest BCUT2D eigenvalue weighted by Crippen LogP contribution is -2.42. The number of fused-ring (bicyclic) bond motifs is 2. The molecule has 0 unspecified atom stereocenters. The number of nitrogens with two attached hydrogens (primary N) is 1. The quantitative estimate of drug-likeness (QED) is 0.418. The van der Waals surface area contributed by atoms with Crippen LogP contribution in [0, 0.1) is 18.7 Å². The summed E-state index contributed by atoms with van der Waals surface area (Å²) in [5.74, 6) is -0.647. The van der Waals surface area contributed by atoms with Crippen molar-refractivity contribution in [3.8, 4) is 10.4 Å². The Morgan fingerprint density at radius 2 is 1.97 bits per heavy atom. The fraction of sp³-hybridized carbons (Fsp3) is 0.296. The summed E-state index contributed by atoms with van der Waals surface area (Å²) >= 11 is 1.43. The highest BCUT2D eigenvalue weighted by Crippen LogP contribution is 2.48.